The minimum atomic E-state index is -5.08. The molecule has 18 heteroatoms. The van der Waals surface area contributed by atoms with Crippen LogP contribution in [0, 0.1) is 6.92 Å². The molecule has 4 heterocycles. The molecule has 0 atom stereocenters. The van der Waals surface area contributed by atoms with Crippen molar-refractivity contribution in [3.05, 3.63) is 40.2 Å². The number of halogens is 6. The molecule has 224 valence electrons. The summed E-state index contributed by atoms with van der Waals surface area (Å²) in [5.74, 6) is -5.28. The van der Waals surface area contributed by atoms with Crippen molar-refractivity contribution in [3.63, 3.8) is 0 Å². The molecule has 2 aliphatic rings. The monoisotopic (exact) mass is 621 g/mol. The standard InChI is InChI=1S/C18H23N3O3S2.2C2HF3O2/c1-14-5-6-15(25-14)12-21-10-7-18(8-11-21)13-20(2)26(22,23)16-4-3-9-19-17(16)24-18;2*3-2(4,5)1(6)7/h3-6,9H,7-8,10-13H2,1-2H3;2*(H,6,7). The van der Waals surface area contributed by atoms with Gasteiger partial charge in [-0.3, -0.25) is 4.90 Å². The number of sulfonamides is 1. The molecule has 2 aromatic heterocycles. The van der Waals surface area contributed by atoms with E-state index in [1.54, 1.807) is 25.4 Å². The van der Waals surface area contributed by atoms with Gasteiger partial charge in [0.05, 0.1) is 6.54 Å². The maximum absolute atomic E-state index is 12.8. The fourth-order valence-corrected chi connectivity index (χ4v) is 5.95. The number of aryl methyl sites for hydroxylation is 1. The van der Waals surface area contributed by atoms with Crippen LogP contribution >= 0.6 is 11.3 Å². The van der Waals surface area contributed by atoms with Gasteiger partial charge in [-0.15, -0.1) is 11.3 Å². The zero-order chi connectivity index (χ0) is 30.5. The highest BCUT2D eigenvalue weighted by molar-refractivity contribution is 7.89. The highest BCUT2D eigenvalue weighted by Gasteiger charge is 2.45. The van der Waals surface area contributed by atoms with Crippen molar-refractivity contribution in [2.24, 2.45) is 0 Å². The molecule has 2 N–H and O–H groups in total. The lowest BCUT2D eigenvalue weighted by Gasteiger charge is -2.41. The molecule has 0 amide bonds. The first kappa shape index (κ1) is 33.2. The third-order valence-corrected chi connectivity index (χ3v) is 8.48. The van der Waals surface area contributed by atoms with E-state index in [1.165, 1.54) is 14.1 Å². The minimum absolute atomic E-state index is 0.163. The number of rotatable bonds is 2. The van der Waals surface area contributed by atoms with Crippen LogP contribution in [-0.2, 0) is 26.2 Å². The zero-order valence-corrected chi connectivity index (χ0v) is 22.6. The molecule has 1 spiro atoms. The van der Waals surface area contributed by atoms with Crippen molar-refractivity contribution >= 4 is 33.3 Å². The van der Waals surface area contributed by atoms with E-state index in [2.05, 4.69) is 28.9 Å². The van der Waals surface area contributed by atoms with E-state index in [9.17, 15) is 34.8 Å². The molecule has 10 nitrogen and oxygen atoms in total. The van der Waals surface area contributed by atoms with Crippen LogP contribution in [0.2, 0.25) is 0 Å². The summed E-state index contributed by atoms with van der Waals surface area (Å²) in [6, 6.07) is 7.55. The maximum atomic E-state index is 12.8. The van der Waals surface area contributed by atoms with Crippen LogP contribution in [0.5, 0.6) is 5.88 Å². The van der Waals surface area contributed by atoms with Crippen LogP contribution in [0.1, 0.15) is 22.6 Å². The third-order valence-electron chi connectivity index (χ3n) is 5.68. The van der Waals surface area contributed by atoms with Crippen LogP contribution < -0.4 is 4.74 Å². The van der Waals surface area contributed by atoms with Crippen molar-refractivity contribution in [3.8, 4) is 5.88 Å². The number of pyridine rings is 1. The number of piperidine rings is 1. The molecule has 2 aliphatic heterocycles. The lowest BCUT2D eigenvalue weighted by molar-refractivity contribution is -0.193. The van der Waals surface area contributed by atoms with Gasteiger partial charge in [0.25, 0.3) is 0 Å². The summed E-state index contributed by atoms with van der Waals surface area (Å²) in [7, 11) is -1.93. The Labute approximate surface area is 228 Å². The molecule has 1 fully saturated rings. The van der Waals surface area contributed by atoms with Gasteiger partial charge < -0.3 is 14.9 Å². The molecule has 0 saturated carbocycles. The van der Waals surface area contributed by atoms with Crippen LogP contribution in [0.15, 0.2) is 35.4 Å². The Morgan fingerprint density at radius 1 is 1.05 bits per heavy atom. The highest BCUT2D eigenvalue weighted by Crippen LogP contribution is 2.37. The van der Waals surface area contributed by atoms with Gasteiger partial charge in [0.1, 0.15) is 10.5 Å². The Bertz CT molecular complexity index is 1270. The average Bonchev–Trinajstić information content (AvgIpc) is 3.21. The number of likely N-dealkylation sites (N-methyl/N-ethyl adjacent to an activating group) is 1. The van der Waals surface area contributed by atoms with Crippen molar-refractivity contribution in [2.45, 2.75) is 49.2 Å². The second kappa shape index (κ2) is 12.7. The van der Waals surface area contributed by atoms with Crippen LogP contribution in [0.4, 0.5) is 26.3 Å². The van der Waals surface area contributed by atoms with Crippen molar-refractivity contribution in [1.82, 2.24) is 14.2 Å². The normalized spacial score (nSPS) is 18.6. The predicted molar refractivity (Wildman–Crippen MR) is 128 cm³/mol. The summed E-state index contributed by atoms with van der Waals surface area (Å²) < 4.78 is 96.6. The van der Waals surface area contributed by atoms with Crippen molar-refractivity contribution in [1.29, 1.82) is 0 Å². The number of carboxylic acids is 2. The second-order valence-electron chi connectivity index (χ2n) is 8.75. The van der Waals surface area contributed by atoms with Gasteiger partial charge in [-0.2, -0.15) is 30.6 Å². The summed E-state index contributed by atoms with van der Waals surface area (Å²) >= 11 is 1.83. The highest BCUT2D eigenvalue weighted by atomic mass is 32.2. The Balaban J connectivity index is 0.000000333. The average molecular weight is 622 g/mol. The molecule has 1 saturated heterocycles. The largest absolute Gasteiger partial charge is 0.490 e. The third kappa shape index (κ3) is 9.03. The lowest BCUT2D eigenvalue weighted by Crippen LogP contribution is -2.53. The Hall–Kier alpha value is -2.96. The summed E-state index contributed by atoms with van der Waals surface area (Å²) in [6.45, 7) is 5.19. The molecule has 0 bridgehead atoms. The van der Waals surface area contributed by atoms with E-state index in [0.717, 1.165) is 32.5 Å². The van der Waals surface area contributed by atoms with Gasteiger partial charge in [0.2, 0.25) is 15.9 Å². The van der Waals surface area contributed by atoms with E-state index in [1.807, 2.05) is 11.3 Å². The number of aromatic nitrogens is 1. The van der Waals surface area contributed by atoms with Crippen LogP contribution in [0.3, 0.4) is 0 Å². The van der Waals surface area contributed by atoms with Gasteiger partial charge in [-0.1, -0.05) is 0 Å². The SMILES string of the molecule is Cc1ccc(CN2CCC3(CC2)CN(C)S(=O)(=O)c2cccnc2O3)s1.O=C(O)C(F)(F)F.O=C(O)C(F)(F)F. The van der Waals surface area contributed by atoms with E-state index >= 15 is 0 Å². The number of fused-ring (bicyclic) bond motifs is 1. The second-order valence-corrected chi connectivity index (χ2v) is 12.1. The van der Waals surface area contributed by atoms with Crippen LogP contribution in [0.25, 0.3) is 0 Å². The number of likely N-dealkylation sites (tertiary alicyclic amines) is 1. The Kier molecular flexibility index (Phi) is 10.6. The summed E-state index contributed by atoms with van der Waals surface area (Å²) in [5, 5.41) is 14.2. The van der Waals surface area contributed by atoms with Gasteiger partial charge in [-0.25, -0.2) is 23.0 Å². The fourth-order valence-electron chi connectivity index (χ4n) is 3.71. The molecule has 0 unspecified atom stereocenters. The smallest absolute Gasteiger partial charge is 0.475 e. The number of ether oxygens (including phenoxy) is 1. The van der Waals surface area contributed by atoms with Crippen molar-refractivity contribution in [2.75, 3.05) is 26.7 Å². The van der Waals surface area contributed by atoms with Crippen LogP contribution in [-0.4, -0.2) is 89.4 Å². The lowest BCUT2D eigenvalue weighted by atomic mass is 9.90. The molecular weight excluding hydrogens is 596 g/mol. The molecule has 4 rings (SSSR count). The molecule has 0 radical (unpaired) electrons. The van der Waals surface area contributed by atoms with Gasteiger partial charge >= 0.3 is 24.3 Å². The zero-order valence-electron chi connectivity index (χ0n) is 21.0. The van der Waals surface area contributed by atoms with Gasteiger partial charge in [-0.05, 0) is 31.2 Å². The number of carboxylic acid groups (broad SMARTS) is 2. The predicted octanol–water partition coefficient (Wildman–Crippen LogP) is 3.77. The molecule has 0 aliphatic carbocycles. The quantitative estimate of drug-likeness (QED) is 0.480. The summed E-state index contributed by atoms with van der Waals surface area (Å²) in [5.41, 5.74) is -0.511. The first-order chi connectivity index (χ1) is 18.3. The summed E-state index contributed by atoms with van der Waals surface area (Å²) in [4.78, 5) is 27.3. The number of hydrogen-bond acceptors (Lipinski definition) is 8. The fraction of sp³-hybridized carbons (Fsp3) is 0.500. The Morgan fingerprint density at radius 3 is 2.02 bits per heavy atom. The minimum Gasteiger partial charge on any atom is -0.475 e. The number of alkyl halides is 6. The maximum Gasteiger partial charge on any atom is 0.490 e. The first-order valence-electron chi connectivity index (χ1n) is 11.3. The Morgan fingerprint density at radius 2 is 1.57 bits per heavy atom. The number of nitrogens with zero attached hydrogens (tertiary/aromatic N) is 3. The molecule has 0 aromatic carbocycles. The number of carbonyl (C=O) groups is 2. The van der Waals surface area contributed by atoms with Gasteiger partial charge in [0.15, 0.2) is 0 Å². The van der Waals surface area contributed by atoms with Crippen molar-refractivity contribution < 1.29 is 59.3 Å². The summed E-state index contributed by atoms with van der Waals surface area (Å²) in [6.07, 6.45) is -7.01. The number of hydrogen-bond donors (Lipinski definition) is 2. The topological polar surface area (TPSA) is 137 Å². The molecular formula is C22H25F6N3O7S2. The number of aliphatic carboxylic acids is 2. The molecule has 40 heavy (non-hydrogen) atoms. The van der Waals surface area contributed by atoms with E-state index < -0.39 is 39.9 Å². The van der Waals surface area contributed by atoms with E-state index in [4.69, 9.17) is 24.5 Å². The first-order valence-corrected chi connectivity index (χ1v) is 13.5. The van der Waals surface area contributed by atoms with Gasteiger partial charge in [0, 0.05) is 55.5 Å². The molecule has 2 aromatic rings. The van der Waals surface area contributed by atoms with E-state index in [-0.39, 0.29) is 10.8 Å². The van der Waals surface area contributed by atoms with E-state index in [0.29, 0.717) is 6.54 Å². The number of thiophene rings is 1.